The number of benzene rings is 2. The second kappa shape index (κ2) is 10.3. The van der Waals surface area contributed by atoms with Gasteiger partial charge >= 0.3 is 6.72 Å². The van der Waals surface area contributed by atoms with E-state index in [2.05, 4.69) is 5.16 Å². The third kappa shape index (κ3) is 6.42. The highest BCUT2D eigenvalue weighted by molar-refractivity contribution is 8.07. The van der Waals surface area contributed by atoms with Crippen LogP contribution in [0.25, 0.3) is 0 Å². The molecule has 0 unspecified atom stereocenters. The van der Waals surface area contributed by atoms with Crippen molar-refractivity contribution in [1.29, 1.82) is 0 Å². The van der Waals surface area contributed by atoms with Crippen LogP contribution < -0.4 is 10.5 Å². The van der Waals surface area contributed by atoms with Crippen LogP contribution in [0.15, 0.2) is 59.8 Å². The van der Waals surface area contributed by atoms with Crippen molar-refractivity contribution in [3.63, 3.8) is 0 Å². The van der Waals surface area contributed by atoms with Gasteiger partial charge in [0.25, 0.3) is 0 Å². The topological polar surface area (TPSA) is 75.3 Å². The van der Waals surface area contributed by atoms with E-state index in [-0.39, 0.29) is 5.84 Å². The minimum atomic E-state index is -2.91. The summed E-state index contributed by atoms with van der Waals surface area (Å²) in [7, 11) is 0. The molecule has 140 valence electrons. The molecular weight excluding hydrogens is 371 g/mol. The molecule has 0 aliphatic carbocycles. The molecule has 0 aliphatic rings. The van der Waals surface area contributed by atoms with Gasteiger partial charge in [0.2, 0.25) is 0 Å². The van der Waals surface area contributed by atoms with Crippen molar-refractivity contribution in [2.75, 3.05) is 13.2 Å². The lowest BCUT2D eigenvalue weighted by molar-refractivity contribution is 0.171. The van der Waals surface area contributed by atoms with Crippen LogP contribution in [0.3, 0.4) is 0 Å². The molecule has 6 nitrogen and oxygen atoms in total. The average molecular weight is 394 g/mol. The van der Waals surface area contributed by atoms with Crippen LogP contribution in [0.1, 0.15) is 25.0 Å². The van der Waals surface area contributed by atoms with E-state index in [9.17, 15) is 0 Å². The van der Waals surface area contributed by atoms with Crippen LogP contribution in [0, 0.1) is 0 Å². The van der Waals surface area contributed by atoms with Gasteiger partial charge in [0.15, 0.2) is 5.84 Å². The van der Waals surface area contributed by atoms with Gasteiger partial charge in [0.1, 0.15) is 12.4 Å². The standard InChI is InChI=1S/C18H23N2O4PS/c1-3-22-25(26,23-4-2)24-20-18(19)16-10-12-17(13-11-16)21-14-15-8-6-5-7-9-15/h5-13H,3-4,14H2,1-2H3,(H2,19,20). The maximum atomic E-state index is 5.95. The van der Waals surface area contributed by atoms with Crippen LogP contribution >= 0.6 is 6.72 Å². The molecule has 0 aliphatic heterocycles. The molecule has 0 spiro atoms. The van der Waals surface area contributed by atoms with Gasteiger partial charge in [-0.3, -0.25) is 9.05 Å². The number of nitrogens with zero attached hydrogens (tertiary/aromatic N) is 1. The first-order valence-corrected chi connectivity index (χ1v) is 10.8. The summed E-state index contributed by atoms with van der Waals surface area (Å²) in [4.78, 5) is 0. The molecule has 0 bridgehead atoms. The van der Waals surface area contributed by atoms with E-state index in [0.29, 0.717) is 25.4 Å². The largest absolute Gasteiger partial charge is 0.489 e. The van der Waals surface area contributed by atoms with E-state index in [0.717, 1.165) is 11.3 Å². The molecular formula is C18H23N2O4PS. The smallest absolute Gasteiger partial charge is 0.402 e. The summed E-state index contributed by atoms with van der Waals surface area (Å²) < 4.78 is 21.7. The van der Waals surface area contributed by atoms with E-state index in [4.69, 9.17) is 35.9 Å². The second-order valence-corrected chi connectivity index (χ2v) is 8.06. The highest BCUT2D eigenvalue weighted by Crippen LogP contribution is 2.49. The summed E-state index contributed by atoms with van der Waals surface area (Å²) >= 11 is 5.23. The zero-order valence-corrected chi connectivity index (χ0v) is 16.5. The Morgan fingerprint density at radius 1 is 1.00 bits per heavy atom. The van der Waals surface area contributed by atoms with E-state index in [1.54, 1.807) is 12.1 Å². The summed E-state index contributed by atoms with van der Waals surface area (Å²) in [5.74, 6) is 0.924. The van der Waals surface area contributed by atoms with Crippen LogP contribution in [0.5, 0.6) is 5.75 Å². The Morgan fingerprint density at radius 2 is 1.62 bits per heavy atom. The van der Waals surface area contributed by atoms with Gasteiger partial charge in [-0.1, -0.05) is 35.5 Å². The van der Waals surface area contributed by atoms with E-state index in [1.807, 2.05) is 56.3 Å². The van der Waals surface area contributed by atoms with Crippen molar-refractivity contribution in [2.45, 2.75) is 20.5 Å². The third-order valence-electron chi connectivity index (χ3n) is 3.21. The number of amidine groups is 1. The summed E-state index contributed by atoms with van der Waals surface area (Å²) in [5.41, 5.74) is 7.74. The van der Waals surface area contributed by atoms with Gasteiger partial charge in [0.05, 0.1) is 13.2 Å². The normalized spacial score (nSPS) is 12.0. The van der Waals surface area contributed by atoms with Gasteiger partial charge in [-0.05, 0) is 43.7 Å². The highest BCUT2D eigenvalue weighted by Gasteiger charge is 2.21. The fourth-order valence-corrected chi connectivity index (χ4v) is 3.73. The summed E-state index contributed by atoms with van der Waals surface area (Å²) in [6.45, 7) is 1.96. The van der Waals surface area contributed by atoms with E-state index >= 15 is 0 Å². The Labute approximate surface area is 159 Å². The molecule has 8 heteroatoms. The summed E-state index contributed by atoms with van der Waals surface area (Å²) in [6, 6.07) is 17.2. The van der Waals surface area contributed by atoms with Crippen LogP contribution in [0.4, 0.5) is 0 Å². The SMILES string of the molecule is CCOP(=S)(OCC)O/N=C(/N)c1ccc(OCc2ccccc2)cc1. The predicted molar refractivity (Wildman–Crippen MR) is 107 cm³/mol. The number of rotatable bonds is 10. The van der Waals surface area contributed by atoms with Gasteiger partial charge in [0, 0.05) is 17.4 Å². The molecule has 2 rings (SSSR count). The van der Waals surface area contributed by atoms with Gasteiger partial charge in [-0.25, -0.2) is 0 Å². The molecule has 0 radical (unpaired) electrons. The molecule has 0 amide bonds. The molecule has 0 atom stereocenters. The minimum absolute atomic E-state index is 0.188. The maximum Gasteiger partial charge on any atom is 0.402 e. The van der Waals surface area contributed by atoms with Gasteiger partial charge < -0.3 is 15.1 Å². The molecule has 0 aromatic heterocycles. The maximum absolute atomic E-state index is 5.95. The molecule has 2 N–H and O–H groups in total. The van der Waals surface area contributed by atoms with E-state index < -0.39 is 6.72 Å². The van der Waals surface area contributed by atoms with Gasteiger partial charge in [-0.2, -0.15) is 0 Å². The van der Waals surface area contributed by atoms with Crippen molar-refractivity contribution >= 4 is 24.4 Å². The second-order valence-electron chi connectivity index (χ2n) is 5.14. The number of ether oxygens (including phenoxy) is 1. The van der Waals surface area contributed by atoms with Crippen LogP contribution in [-0.4, -0.2) is 19.0 Å². The molecule has 0 fully saturated rings. The fraction of sp³-hybridized carbons (Fsp3) is 0.278. The van der Waals surface area contributed by atoms with E-state index in [1.165, 1.54) is 0 Å². The zero-order valence-electron chi connectivity index (χ0n) is 14.8. The molecule has 0 saturated carbocycles. The monoisotopic (exact) mass is 394 g/mol. The lowest BCUT2D eigenvalue weighted by atomic mass is 10.2. The van der Waals surface area contributed by atoms with Crippen LogP contribution in [-0.2, 0) is 32.1 Å². The Hall–Kier alpha value is -1.92. The van der Waals surface area contributed by atoms with Crippen molar-refractivity contribution in [3.8, 4) is 5.75 Å². The Morgan fingerprint density at radius 3 is 2.19 bits per heavy atom. The molecule has 0 saturated heterocycles. The highest BCUT2D eigenvalue weighted by atomic mass is 32.5. The average Bonchev–Trinajstić information content (AvgIpc) is 2.66. The molecule has 2 aromatic carbocycles. The number of hydrogen-bond donors (Lipinski definition) is 1. The minimum Gasteiger partial charge on any atom is -0.489 e. The Bertz CT molecular complexity index is 744. The first-order chi connectivity index (χ1) is 12.6. The fourth-order valence-electron chi connectivity index (χ4n) is 2.01. The zero-order chi connectivity index (χ0) is 18.8. The van der Waals surface area contributed by atoms with Crippen molar-refractivity contribution in [2.24, 2.45) is 10.9 Å². The number of nitrogens with two attached hydrogens (primary N) is 1. The number of hydrogen-bond acceptors (Lipinski definition) is 6. The molecule has 26 heavy (non-hydrogen) atoms. The van der Waals surface area contributed by atoms with Crippen molar-refractivity contribution in [3.05, 3.63) is 65.7 Å². The lowest BCUT2D eigenvalue weighted by Gasteiger charge is -2.17. The summed E-state index contributed by atoms with van der Waals surface area (Å²) in [6.07, 6.45) is 0. The molecule has 0 heterocycles. The first kappa shape index (κ1) is 20.4. The molecule has 2 aromatic rings. The Kier molecular flexibility index (Phi) is 8.06. The summed E-state index contributed by atoms with van der Waals surface area (Å²) in [5, 5.41) is 3.88. The van der Waals surface area contributed by atoms with Crippen LogP contribution in [0.2, 0.25) is 0 Å². The van der Waals surface area contributed by atoms with Crippen molar-refractivity contribution in [1.82, 2.24) is 0 Å². The van der Waals surface area contributed by atoms with Crippen molar-refractivity contribution < 1.29 is 18.4 Å². The van der Waals surface area contributed by atoms with Gasteiger partial charge in [-0.15, -0.1) is 0 Å². The number of oxime groups is 1. The first-order valence-electron chi connectivity index (χ1n) is 8.25. The quantitative estimate of drug-likeness (QED) is 0.282. The Balaban J connectivity index is 1.96. The lowest BCUT2D eigenvalue weighted by Crippen LogP contribution is -2.14. The predicted octanol–water partition coefficient (Wildman–Crippen LogP) is 4.20. The third-order valence-corrected chi connectivity index (χ3v) is 5.47.